The summed E-state index contributed by atoms with van der Waals surface area (Å²) in [6.45, 7) is 2.09. The van der Waals surface area contributed by atoms with Gasteiger partial charge in [-0.15, -0.1) is 0 Å². The van der Waals surface area contributed by atoms with Gasteiger partial charge in [0.1, 0.15) is 6.20 Å². The zero-order chi connectivity index (χ0) is 8.27. The Kier molecular flexibility index (Phi) is 2.79. The summed E-state index contributed by atoms with van der Waals surface area (Å²) in [5.74, 6) is 0. The third-order valence-electron chi connectivity index (χ3n) is 1.98. The molecule has 0 aromatic carbocycles. The largest absolute Gasteiger partial charge is 0.322 e. The van der Waals surface area contributed by atoms with Crippen LogP contribution >= 0.6 is 0 Å². The van der Waals surface area contributed by atoms with Crippen molar-refractivity contribution in [3.63, 3.8) is 0 Å². The molecule has 0 amide bonds. The van der Waals surface area contributed by atoms with E-state index in [9.17, 15) is 0 Å². The fourth-order valence-electron chi connectivity index (χ4n) is 1.30. The van der Waals surface area contributed by atoms with Crippen molar-refractivity contribution in [2.45, 2.75) is 6.42 Å². The standard InChI is InChI=1S/C8H15N3/c1-10-5-7-6-11(2)4-3-8(7)9/h5,9-10H,3-4,6H2,1-2H3/p+2/b7-5-,9-8?. The average Bonchev–Trinajstić information content (AvgIpc) is 1.98. The van der Waals surface area contributed by atoms with Crippen LogP contribution in [0.1, 0.15) is 6.42 Å². The van der Waals surface area contributed by atoms with Crippen LogP contribution in [-0.2, 0) is 0 Å². The number of piperidine rings is 1. The summed E-state index contributed by atoms with van der Waals surface area (Å²) in [4.78, 5) is 2.28. The van der Waals surface area contributed by atoms with Crippen LogP contribution in [0.15, 0.2) is 11.8 Å². The van der Waals surface area contributed by atoms with Crippen molar-refractivity contribution < 1.29 is 10.7 Å². The lowest BCUT2D eigenvalue weighted by Crippen LogP contribution is -2.73. The van der Waals surface area contributed by atoms with Crippen molar-refractivity contribution >= 4 is 5.71 Å². The minimum absolute atomic E-state index is 0.996. The Hall–Kier alpha value is -0.670. The molecular formula is C8H17N3+2. The lowest BCUT2D eigenvalue weighted by atomic mass is 10.0. The van der Waals surface area contributed by atoms with Gasteiger partial charge < -0.3 is 10.2 Å². The Morgan fingerprint density at radius 2 is 2.36 bits per heavy atom. The molecule has 0 spiro atoms. The van der Waals surface area contributed by atoms with Gasteiger partial charge in [-0.1, -0.05) is 0 Å². The van der Waals surface area contributed by atoms with Crippen molar-refractivity contribution in [3.05, 3.63) is 11.8 Å². The number of nitrogens with two attached hydrogens (primary N) is 2. The molecule has 1 rings (SSSR count). The van der Waals surface area contributed by atoms with Crippen LogP contribution < -0.4 is 10.7 Å². The summed E-state index contributed by atoms with van der Waals surface area (Å²) in [7, 11) is 4.14. The number of rotatable bonds is 1. The Bertz CT molecular complexity index is 184. The van der Waals surface area contributed by atoms with Gasteiger partial charge in [0.15, 0.2) is 5.71 Å². The molecule has 0 unspecified atom stereocenters. The highest BCUT2D eigenvalue weighted by molar-refractivity contribution is 5.96. The maximum absolute atomic E-state index is 5.83. The van der Waals surface area contributed by atoms with Crippen molar-refractivity contribution in [2.75, 3.05) is 27.2 Å². The number of quaternary nitrogens is 1. The summed E-state index contributed by atoms with van der Waals surface area (Å²) in [5.41, 5.74) is 2.34. The van der Waals surface area contributed by atoms with Crippen molar-refractivity contribution in [3.8, 4) is 0 Å². The van der Waals surface area contributed by atoms with Gasteiger partial charge in [0.25, 0.3) is 0 Å². The third kappa shape index (κ3) is 2.13. The quantitative estimate of drug-likeness (QED) is 0.436. The van der Waals surface area contributed by atoms with Crippen LogP contribution in [-0.4, -0.2) is 37.8 Å². The predicted molar refractivity (Wildman–Crippen MR) is 45.0 cm³/mol. The highest BCUT2D eigenvalue weighted by Gasteiger charge is 2.20. The second kappa shape index (κ2) is 3.64. The van der Waals surface area contributed by atoms with Gasteiger partial charge in [0.05, 0.1) is 12.6 Å². The van der Waals surface area contributed by atoms with Gasteiger partial charge in [-0.25, -0.2) is 0 Å². The zero-order valence-electron chi connectivity index (χ0n) is 7.30. The SMILES string of the molecule is C[NH2+]/C=C1/CN(C)CCC1=[NH2+]. The number of hydrogen-bond donors (Lipinski definition) is 2. The molecule has 0 saturated carbocycles. The Labute approximate surface area is 67.6 Å². The van der Waals surface area contributed by atoms with E-state index >= 15 is 0 Å². The van der Waals surface area contributed by atoms with Crippen molar-refractivity contribution in [1.29, 1.82) is 0 Å². The van der Waals surface area contributed by atoms with E-state index in [0.717, 1.165) is 25.2 Å². The van der Waals surface area contributed by atoms with Crippen LogP contribution in [0, 0.1) is 0 Å². The Balaban J connectivity index is 2.61. The second-order valence-corrected chi connectivity index (χ2v) is 3.04. The first-order valence-electron chi connectivity index (χ1n) is 4.02. The van der Waals surface area contributed by atoms with E-state index < -0.39 is 0 Å². The lowest BCUT2D eigenvalue weighted by Gasteiger charge is -2.21. The smallest absolute Gasteiger partial charge is 0.183 e. The highest BCUT2D eigenvalue weighted by atomic mass is 15.1. The van der Waals surface area contributed by atoms with Crippen molar-refractivity contribution in [1.82, 2.24) is 4.90 Å². The van der Waals surface area contributed by atoms with Gasteiger partial charge in [-0.05, 0) is 7.05 Å². The molecular weight excluding hydrogens is 138 g/mol. The predicted octanol–water partition coefficient (Wildman–Crippen LogP) is -2.40. The van der Waals surface area contributed by atoms with E-state index in [4.69, 9.17) is 5.41 Å². The second-order valence-electron chi connectivity index (χ2n) is 3.04. The number of nitrogens with zero attached hydrogens (tertiary/aromatic N) is 1. The summed E-state index contributed by atoms with van der Waals surface area (Å²) >= 11 is 0. The molecule has 1 saturated heterocycles. The molecule has 0 aromatic rings. The van der Waals surface area contributed by atoms with Crippen LogP contribution in [0.4, 0.5) is 0 Å². The molecule has 1 aliphatic heterocycles. The maximum Gasteiger partial charge on any atom is 0.183 e. The fraction of sp³-hybridized carbons (Fsp3) is 0.625. The van der Waals surface area contributed by atoms with Gasteiger partial charge >= 0.3 is 0 Å². The number of likely N-dealkylation sites (tertiary alicyclic amines) is 1. The van der Waals surface area contributed by atoms with E-state index in [1.165, 1.54) is 5.57 Å². The number of likely N-dealkylation sites (N-methyl/N-ethyl adjacent to an activating group) is 1. The van der Waals surface area contributed by atoms with Crippen LogP contribution in [0.3, 0.4) is 0 Å². The summed E-state index contributed by atoms with van der Waals surface area (Å²) in [5, 5.41) is 7.87. The van der Waals surface area contributed by atoms with E-state index in [1.807, 2.05) is 12.4 Å². The van der Waals surface area contributed by atoms with E-state index in [1.54, 1.807) is 0 Å². The van der Waals surface area contributed by atoms with Crippen LogP contribution in [0.5, 0.6) is 0 Å². The molecule has 0 aliphatic carbocycles. The molecule has 3 heteroatoms. The first kappa shape index (κ1) is 8.43. The van der Waals surface area contributed by atoms with E-state index in [0.29, 0.717) is 0 Å². The lowest BCUT2D eigenvalue weighted by molar-refractivity contribution is -0.557. The van der Waals surface area contributed by atoms with Crippen molar-refractivity contribution in [2.24, 2.45) is 0 Å². The molecule has 3 nitrogen and oxygen atoms in total. The number of hydrogen-bond acceptors (Lipinski definition) is 1. The molecule has 0 aromatic heterocycles. The fourth-order valence-corrected chi connectivity index (χ4v) is 1.30. The Morgan fingerprint density at radius 1 is 1.64 bits per heavy atom. The molecule has 62 valence electrons. The average molecular weight is 155 g/mol. The molecule has 4 N–H and O–H groups in total. The summed E-state index contributed by atoms with van der Waals surface area (Å²) in [6, 6.07) is 0. The molecule has 1 fully saturated rings. The van der Waals surface area contributed by atoms with E-state index in [-0.39, 0.29) is 0 Å². The third-order valence-corrected chi connectivity index (χ3v) is 1.98. The topological polar surface area (TPSA) is 45.4 Å². The summed E-state index contributed by atoms with van der Waals surface area (Å²) < 4.78 is 0. The van der Waals surface area contributed by atoms with E-state index in [2.05, 4.69) is 18.1 Å². The van der Waals surface area contributed by atoms with Crippen LogP contribution in [0.25, 0.3) is 0 Å². The first-order chi connectivity index (χ1) is 5.24. The molecule has 1 heterocycles. The molecule has 0 radical (unpaired) electrons. The first-order valence-corrected chi connectivity index (χ1v) is 4.02. The monoisotopic (exact) mass is 155 g/mol. The van der Waals surface area contributed by atoms with Crippen LogP contribution in [0.2, 0.25) is 0 Å². The van der Waals surface area contributed by atoms with Gasteiger partial charge in [-0.2, -0.15) is 0 Å². The minimum Gasteiger partial charge on any atom is -0.322 e. The molecule has 1 aliphatic rings. The Morgan fingerprint density at radius 3 is 3.00 bits per heavy atom. The molecule has 0 atom stereocenters. The minimum atomic E-state index is 0.996. The zero-order valence-corrected chi connectivity index (χ0v) is 7.30. The molecule has 11 heavy (non-hydrogen) atoms. The molecule has 0 bridgehead atoms. The normalized spacial score (nSPS) is 24.5. The van der Waals surface area contributed by atoms with Gasteiger partial charge in [-0.3, -0.25) is 5.41 Å². The summed E-state index contributed by atoms with van der Waals surface area (Å²) in [6.07, 6.45) is 3.11. The van der Waals surface area contributed by atoms with Gasteiger partial charge in [0.2, 0.25) is 0 Å². The maximum atomic E-state index is 5.83. The van der Waals surface area contributed by atoms with Gasteiger partial charge in [0, 0.05) is 19.5 Å². The highest BCUT2D eigenvalue weighted by Crippen LogP contribution is 2.06.